The maximum Gasteiger partial charge on any atom is 0.408 e. The number of aromatic amines is 1. The number of rotatable bonds is 4. The molecule has 4 aromatic rings. The van der Waals surface area contributed by atoms with Crippen molar-refractivity contribution < 1.29 is 9.53 Å². The van der Waals surface area contributed by atoms with Gasteiger partial charge in [-0.2, -0.15) is 5.10 Å². The Bertz CT molecular complexity index is 1290. The number of aromatic nitrogens is 5. The number of H-pyrrole nitrogens is 1. The lowest BCUT2D eigenvalue weighted by atomic mass is 9.99. The number of imidazole rings is 1. The number of hydrogen-bond acceptors (Lipinski definition) is 5. The number of pyridine rings is 1. The van der Waals surface area contributed by atoms with Crippen molar-refractivity contribution in [2.75, 3.05) is 0 Å². The molecule has 0 radical (unpaired) electrons. The van der Waals surface area contributed by atoms with Crippen LogP contribution in [0.5, 0.6) is 0 Å². The molecule has 8 nitrogen and oxygen atoms in total. The van der Waals surface area contributed by atoms with Gasteiger partial charge in [-0.1, -0.05) is 24.3 Å². The van der Waals surface area contributed by atoms with E-state index in [2.05, 4.69) is 44.6 Å². The second-order valence-electron chi connectivity index (χ2n) is 9.33. The summed E-state index contributed by atoms with van der Waals surface area (Å²) in [5, 5.41) is 7.28. The third kappa shape index (κ3) is 3.84. The molecule has 5 rings (SSSR count). The zero-order valence-electron chi connectivity index (χ0n) is 18.6. The molecule has 0 spiro atoms. The van der Waals surface area contributed by atoms with E-state index in [4.69, 9.17) is 9.72 Å². The SMILES string of the molecule is Cn1cc(-c2nc3c(-c4ccc(C5(NC(=O)OC(C)(C)C)CC5)cc4)ccnc3[nH]2)cn1. The first-order valence-corrected chi connectivity index (χ1v) is 10.7. The van der Waals surface area contributed by atoms with Crippen LogP contribution in [0.3, 0.4) is 0 Å². The number of aryl methyl sites for hydroxylation is 1. The lowest BCUT2D eigenvalue weighted by molar-refractivity contribution is 0.0495. The molecule has 1 aliphatic rings. The summed E-state index contributed by atoms with van der Waals surface area (Å²) < 4.78 is 7.19. The summed E-state index contributed by atoms with van der Waals surface area (Å²) in [5.41, 5.74) is 4.72. The van der Waals surface area contributed by atoms with E-state index in [1.165, 1.54) is 0 Å². The minimum absolute atomic E-state index is 0.339. The summed E-state index contributed by atoms with van der Waals surface area (Å²) in [6.07, 6.45) is 6.90. The van der Waals surface area contributed by atoms with Crippen molar-refractivity contribution in [1.82, 2.24) is 30.0 Å². The first-order chi connectivity index (χ1) is 15.2. The fourth-order valence-electron chi connectivity index (χ4n) is 3.90. The van der Waals surface area contributed by atoms with E-state index in [1.807, 2.05) is 40.1 Å². The molecule has 0 unspecified atom stereocenters. The summed E-state index contributed by atoms with van der Waals surface area (Å²) in [7, 11) is 1.88. The van der Waals surface area contributed by atoms with E-state index >= 15 is 0 Å². The van der Waals surface area contributed by atoms with Crippen molar-refractivity contribution in [3.05, 3.63) is 54.5 Å². The van der Waals surface area contributed by atoms with E-state index in [1.54, 1.807) is 17.1 Å². The molecule has 164 valence electrons. The van der Waals surface area contributed by atoms with Crippen molar-refractivity contribution in [3.63, 3.8) is 0 Å². The van der Waals surface area contributed by atoms with Crippen LogP contribution < -0.4 is 5.32 Å². The van der Waals surface area contributed by atoms with Gasteiger partial charge in [0.25, 0.3) is 0 Å². The lowest BCUT2D eigenvalue weighted by Gasteiger charge is -2.23. The fourth-order valence-corrected chi connectivity index (χ4v) is 3.90. The van der Waals surface area contributed by atoms with Crippen LogP contribution >= 0.6 is 0 Å². The highest BCUT2D eigenvalue weighted by Gasteiger charge is 2.46. The van der Waals surface area contributed by atoms with Gasteiger partial charge in [-0.15, -0.1) is 0 Å². The summed E-state index contributed by atoms with van der Waals surface area (Å²) in [5.74, 6) is 0.739. The predicted octanol–water partition coefficient (Wildman–Crippen LogP) is 4.54. The summed E-state index contributed by atoms with van der Waals surface area (Å²) in [6.45, 7) is 5.60. The predicted molar refractivity (Wildman–Crippen MR) is 122 cm³/mol. The average Bonchev–Trinajstić information content (AvgIpc) is 3.17. The van der Waals surface area contributed by atoms with Crippen LogP contribution in [-0.2, 0) is 17.3 Å². The molecule has 2 N–H and O–H groups in total. The van der Waals surface area contributed by atoms with E-state index in [0.29, 0.717) is 0 Å². The molecule has 0 saturated heterocycles. The Labute approximate surface area is 186 Å². The van der Waals surface area contributed by atoms with Crippen LogP contribution in [0.1, 0.15) is 39.2 Å². The molecular weight excluding hydrogens is 404 g/mol. The molecule has 1 aliphatic carbocycles. The molecule has 3 aromatic heterocycles. The van der Waals surface area contributed by atoms with E-state index in [-0.39, 0.29) is 11.6 Å². The maximum atomic E-state index is 12.3. The molecule has 0 bridgehead atoms. The van der Waals surface area contributed by atoms with Gasteiger partial charge in [0.15, 0.2) is 5.65 Å². The largest absolute Gasteiger partial charge is 0.444 e. The van der Waals surface area contributed by atoms with Gasteiger partial charge in [0, 0.05) is 25.0 Å². The van der Waals surface area contributed by atoms with Crippen molar-refractivity contribution in [2.24, 2.45) is 7.05 Å². The van der Waals surface area contributed by atoms with Gasteiger partial charge in [0.1, 0.15) is 16.9 Å². The highest BCUT2D eigenvalue weighted by molar-refractivity contribution is 5.91. The Morgan fingerprint density at radius 3 is 2.53 bits per heavy atom. The third-order valence-electron chi connectivity index (χ3n) is 5.60. The third-order valence-corrected chi connectivity index (χ3v) is 5.60. The number of ether oxygens (including phenoxy) is 1. The Morgan fingerprint density at radius 2 is 1.91 bits per heavy atom. The molecular formula is C24H26N6O2. The smallest absolute Gasteiger partial charge is 0.408 e. The van der Waals surface area contributed by atoms with Crippen LogP contribution in [0.15, 0.2) is 48.9 Å². The highest BCUT2D eigenvalue weighted by Crippen LogP contribution is 2.46. The number of amides is 1. The van der Waals surface area contributed by atoms with Crippen LogP contribution in [0.2, 0.25) is 0 Å². The van der Waals surface area contributed by atoms with Gasteiger partial charge >= 0.3 is 6.09 Å². The second kappa shape index (κ2) is 7.19. The zero-order chi connectivity index (χ0) is 22.5. The van der Waals surface area contributed by atoms with Crippen LogP contribution in [0, 0.1) is 0 Å². The minimum Gasteiger partial charge on any atom is -0.444 e. The van der Waals surface area contributed by atoms with Crippen LogP contribution in [0.4, 0.5) is 4.79 Å². The van der Waals surface area contributed by atoms with Crippen LogP contribution in [0.25, 0.3) is 33.7 Å². The van der Waals surface area contributed by atoms with E-state index in [0.717, 1.165) is 52.1 Å². The van der Waals surface area contributed by atoms with Gasteiger partial charge in [0.05, 0.1) is 17.3 Å². The Balaban J connectivity index is 1.42. The Morgan fingerprint density at radius 1 is 1.16 bits per heavy atom. The van der Waals surface area contributed by atoms with Gasteiger partial charge < -0.3 is 15.0 Å². The highest BCUT2D eigenvalue weighted by atomic mass is 16.6. The molecule has 1 fully saturated rings. The number of carbonyl (C=O) groups is 1. The van der Waals surface area contributed by atoms with Gasteiger partial charge in [-0.25, -0.2) is 14.8 Å². The second-order valence-corrected chi connectivity index (χ2v) is 9.33. The Kier molecular flexibility index (Phi) is 4.54. The van der Waals surface area contributed by atoms with Gasteiger partial charge in [-0.3, -0.25) is 4.68 Å². The molecule has 3 heterocycles. The molecule has 0 atom stereocenters. The molecule has 0 aliphatic heterocycles. The molecule has 32 heavy (non-hydrogen) atoms. The number of carbonyl (C=O) groups excluding carboxylic acids is 1. The molecule has 1 amide bonds. The van der Waals surface area contributed by atoms with Gasteiger partial charge in [0.2, 0.25) is 0 Å². The first-order valence-electron chi connectivity index (χ1n) is 10.7. The van der Waals surface area contributed by atoms with Crippen molar-refractivity contribution >= 4 is 17.3 Å². The topological polar surface area (TPSA) is 97.7 Å². The number of nitrogens with zero attached hydrogens (tertiary/aromatic N) is 4. The Hall–Kier alpha value is -3.68. The number of hydrogen-bond donors (Lipinski definition) is 2. The van der Waals surface area contributed by atoms with E-state index < -0.39 is 5.60 Å². The van der Waals surface area contributed by atoms with E-state index in [9.17, 15) is 4.79 Å². The normalized spacial score (nSPS) is 15.0. The molecule has 8 heteroatoms. The number of benzene rings is 1. The number of nitrogens with one attached hydrogen (secondary N) is 2. The number of alkyl carbamates (subject to hydrolysis) is 1. The van der Waals surface area contributed by atoms with Crippen LogP contribution in [-0.4, -0.2) is 36.4 Å². The maximum absolute atomic E-state index is 12.3. The minimum atomic E-state index is -0.519. The van der Waals surface area contributed by atoms with Crippen molar-refractivity contribution in [1.29, 1.82) is 0 Å². The standard InChI is InChI=1S/C24H26N6O2/c1-23(2,3)32-22(31)29-24(10-11-24)17-7-5-15(6-8-17)18-9-12-25-21-19(18)27-20(28-21)16-13-26-30(4)14-16/h5-9,12-14H,10-11H2,1-4H3,(H,29,31)(H,25,27,28). The monoisotopic (exact) mass is 430 g/mol. The van der Waals surface area contributed by atoms with Crippen molar-refractivity contribution in [2.45, 2.75) is 44.8 Å². The summed E-state index contributed by atoms with van der Waals surface area (Å²) >= 11 is 0. The number of fused-ring (bicyclic) bond motifs is 1. The van der Waals surface area contributed by atoms with Gasteiger partial charge in [-0.05, 0) is 50.8 Å². The summed E-state index contributed by atoms with van der Waals surface area (Å²) in [4.78, 5) is 24.8. The zero-order valence-corrected chi connectivity index (χ0v) is 18.6. The molecule has 1 saturated carbocycles. The quantitative estimate of drug-likeness (QED) is 0.495. The average molecular weight is 431 g/mol. The lowest BCUT2D eigenvalue weighted by Crippen LogP contribution is -2.39. The molecule has 1 aromatic carbocycles. The fraction of sp³-hybridized carbons (Fsp3) is 0.333. The first kappa shape index (κ1) is 20.2. The van der Waals surface area contributed by atoms with Crippen molar-refractivity contribution in [3.8, 4) is 22.5 Å². The summed E-state index contributed by atoms with van der Waals surface area (Å²) in [6, 6.07) is 10.2.